The summed E-state index contributed by atoms with van der Waals surface area (Å²) in [4.78, 5) is 15.3. The maximum Gasteiger partial charge on any atom is 0.164 e. The summed E-state index contributed by atoms with van der Waals surface area (Å²) in [5.41, 5.74) is 9.76. The van der Waals surface area contributed by atoms with E-state index in [0.717, 1.165) is 66.5 Å². The average Bonchev–Trinajstić information content (AvgIpc) is 3.95. The Morgan fingerprint density at radius 3 is 1.77 bits per heavy atom. The summed E-state index contributed by atoms with van der Waals surface area (Å²) in [6.45, 7) is 0. The molecular weight excluding hydrogens is 717 g/mol. The molecule has 0 saturated heterocycles. The van der Waals surface area contributed by atoms with Gasteiger partial charge in [0.2, 0.25) is 0 Å². The van der Waals surface area contributed by atoms with Gasteiger partial charge in [0.15, 0.2) is 23.1 Å². The first-order valence-corrected chi connectivity index (χ1v) is 19.8. The van der Waals surface area contributed by atoms with Gasteiger partial charge in [0.25, 0.3) is 0 Å². The van der Waals surface area contributed by atoms with E-state index in [2.05, 4.69) is 120 Å². The zero-order valence-electron chi connectivity index (χ0n) is 30.4. The summed E-state index contributed by atoms with van der Waals surface area (Å²) < 4.78 is 12.0. The van der Waals surface area contributed by atoms with Gasteiger partial charge in [0, 0.05) is 58.4 Å². The van der Waals surface area contributed by atoms with E-state index >= 15 is 0 Å². The quantitative estimate of drug-likeness (QED) is 0.176. The first-order valence-electron chi connectivity index (χ1n) is 19.0. The second-order valence-corrected chi connectivity index (χ2v) is 15.5. The molecule has 0 atom stereocenters. The molecule has 0 radical (unpaired) electrons. The second kappa shape index (κ2) is 12.6. The minimum atomic E-state index is 0.590. The highest BCUT2D eigenvalue weighted by molar-refractivity contribution is 7.25. The van der Waals surface area contributed by atoms with Crippen molar-refractivity contribution in [2.45, 2.75) is 0 Å². The molecule has 0 aliphatic rings. The summed E-state index contributed by atoms with van der Waals surface area (Å²) in [5, 5.41) is 6.94. The predicted molar refractivity (Wildman–Crippen MR) is 236 cm³/mol. The van der Waals surface area contributed by atoms with Crippen LogP contribution >= 0.6 is 11.3 Å². The monoisotopic (exact) mass is 746 g/mol. The number of hydrogen-bond donors (Lipinski definition) is 0. The topological polar surface area (TPSA) is 56.7 Å². The summed E-state index contributed by atoms with van der Waals surface area (Å²) in [7, 11) is 0. The Morgan fingerprint density at radius 2 is 1.04 bits per heavy atom. The van der Waals surface area contributed by atoms with Crippen LogP contribution in [-0.4, -0.2) is 19.5 Å². The van der Waals surface area contributed by atoms with Gasteiger partial charge in [-0.2, -0.15) is 0 Å². The van der Waals surface area contributed by atoms with E-state index in [9.17, 15) is 0 Å². The number of aromatic nitrogens is 4. The molecule has 0 aliphatic carbocycles. The van der Waals surface area contributed by atoms with Gasteiger partial charge >= 0.3 is 0 Å². The molecule has 0 spiro atoms. The highest BCUT2D eigenvalue weighted by Gasteiger charge is 2.23. The molecule has 0 bridgehead atoms. The number of hydrogen-bond acceptors (Lipinski definition) is 5. The maximum atomic E-state index is 7.03. The van der Waals surface area contributed by atoms with Gasteiger partial charge in [-0.3, -0.25) is 0 Å². The zero-order valence-corrected chi connectivity index (χ0v) is 31.2. The van der Waals surface area contributed by atoms with Gasteiger partial charge < -0.3 is 8.98 Å². The standard InChI is InChI=1S/C51H30N4OS/c1-4-15-31(16-5-1)34-27-40-47-37(51-53-49(32-17-6-2-7-18-32)52-50(54-51)33-19-8-3-9-20-33)23-14-25-44(47)56-48(40)43(28-34)55-41-24-12-10-21-35(41)38-29-39-36-22-11-13-26-45(36)57-46(39)30-42(38)55/h1-30H. The van der Waals surface area contributed by atoms with Crippen LogP contribution in [-0.2, 0) is 0 Å². The Bertz CT molecular complexity index is 3460. The fraction of sp³-hybridized carbons (Fsp3) is 0. The van der Waals surface area contributed by atoms with Gasteiger partial charge in [-0.15, -0.1) is 11.3 Å². The average molecular weight is 747 g/mol. The van der Waals surface area contributed by atoms with Gasteiger partial charge in [-0.25, -0.2) is 15.0 Å². The van der Waals surface area contributed by atoms with Crippen LogP contribution in [0.5, 0.6) is 0 Å². The molecule has 0 fully saturated rings. The molecule has 6 heteroatoms. The van der Waals surface area contributed by atoms with Crippen LogP contribution in [0.1, 0.15) is 0 Å². The van der Waals surface area contributed by atoms with Crippen LogP contribution < -0.4 is 0 Å². The Balaban J connectivity index is 1.18. The van der Waals surface area contributed by atoms with Crippen molar-refractivity contribution in [1.29, 1.82) is 0 Å². The van der Waals surface area contributed by atoms with Gasteiger partial charge in [0.05, 0.1) is 16.7 Å². The molecule has 0 unspecified atom stereocenters. The number of para-hydroxylation sites is 1. The molecule has 0 saturated carbocycles. The molecular formula is C51H30N4OS. The first-order chi connectivity index (χ1) is 28.2. The van der Waals surface area contributed by atoms with Crippen molar-refractivity contribution in [2.24, 2.45) is 0 Å². The lowest BCUT2D eigenvalue weighted by Gasteiger charge is -2.12. The van der Waals surface area contributed by atoms with Crippen LogP contribution in [0, 0.1) is 0 Å². The van der Waals surface area contributed by atoms with E-state index in [-0.39, 0.29) is 0 Å². The maximum absolute atomic E-state index is 7.03. The lowest BCUT2D eigenvalue weighted by Crippen LogP contribution is -2.00. The van der Waals surface area contributed by atoms with E-state index in [1.807, 2.05) is 78.1 Å². The van der Waals surface area contributed by atoms with E-state index in [1.165, 1.54) is 30.9 Å². The largest absolute Gasteiger partial charge is 0.454 e. The van der Waals surface area contributed by atoms with E-state index < -0.39 is 0 Å². The predicted octanol–water partition coefficient (Wildman–Crippen LogP) is 13.9. The molecule has 12 aromatic rings. The van der Waals surface area contributed by atoms with Crippen LogP contribution in [0.25, 0.3) is 115 Å². The summed E-state index contributed by atoms with van der Waals surface area (Å²) in [6.07, 6.45) is 0. The van der Waals surface area contributed by atoms with Crippen molar-refractivity contribution in [3.63, 3.8) is 0 Å². The van der Waals surface area contributed by atoms with Gasteiger partial charge in [-0.05, 0) is 53.6 Å². The highest BCUT2D eigenvalue weighted by Crippen LogP contribution is 2.45. The fourth-order valence-electron chi connectivity index (χ4n) is 8.44. The Morgan fingerprint density at radius 1 is 0.404 bits per heavy atom. The second-order valence-electron chi connectivity index (χ2n) is 14.4. The third kappa shape index (κ3) is 5.04. The molecule has 5 nitrogen and oxygen atoms in total. The van der Waals surface area contributed by atoms with Gasteiger partial charge in [0.1, 0.15) is 5.58 Å². The molecule has 4 heterocycles. The Hall–Kier alpha value is -7.41. The zero-order chi connectivity index (χ0) is 37.5. The smallest absolute Gasteiger partial charge is 0.164 e. The first kappa shape index (κ1) is 31.9. The Kier molecular flexibility index (Phi) is 7.03. The van der Waals surface area contributed by atoms with Crippen molar-refractivity contribution >= 4 is 75.3 Å². The summed E-state index contributed by atoms with van der Waals surface area (Å²) >= 11 is 1.84. The summed E-state index contributed by atoms with van der Waals surface area (Å²) in [5.74, 6) is 1.83. The lowest BCUT2D eigenvalue weighted by molar-refractivity contribution is 0.666. The molecule has 8 aromatic carbocycles. The molecule has 4 aromatic heterocycles. The van der Waals surface area contributed by atoms with Crippen LogP contribution in [0.15, 0.2) is 186 Å². The minimum Gasteiger partial charge on any atom is -0.454 e. The number of rotatable bonds is 5. The third-order valence-corrected chi connectivity index (χ3v) is 12.2. The molecule has 0 N–H and O–H groups in total. The molecule has 0 amide bonds. The van der Waals surface area contributed by atoms with Crippen LogP contribution in [0.4, 0.5) is 0 Å². The molecule has 12 rings (SSSR count). The molecule has 0 aliphatic heterocycles. The van der Waals surface area contributed by atoms with E-state index in [1.54, 1.807) is 0 Å². The minimum absolute atomic E-state index is 0.590. The number of furan rings is 1. The van der Waals surface area contributed by atoms with Crippen LogP contribution in [0.2, 0.25) is 0 Å². The number of thiophene rings is 1. The van der Waals surface area contributed by atoms with Crippen molar-refractivity contribution < 1.29 is 4.42 Å². The lowest BCUT2D eigenvalue weighted by atomic mass is 9.99. The van der Waals surface area contributed by atoms with Crippen molar-refractivity contribution in [3.05, 3.63) is 182 Å². The molecule has 57 heavy (non-hydrogen) atoms. The third-order valence-electron chi connectivity index (χ3n) is 11.0. The normalized spacial score (nSPS) is 11.9. The number of benzene rings is 8. The van der Waals surface area contributed by atoms with Crippen molar-refractivity contribution in [1.82, 2.24) is 19.5 Å². The fourth-order valence-corrected chi connectivity index (χ4v) is 9.56. The highest BCUT2D eigenvalue weighted by atomic mass is 32.1. The summed E-state index contributed by atoms with van der Waals surface area (Å²) in [6, 6.07) is 63.7. The molecule has 266 valence electrons. The Labute approximate surface area is 330 Å². The van der Waals surface area contributed by atoms with E-state index in [0.29, 0.717) is 17.5 Å². The van der Waals surface area contributed by atoms with Gasteiger partial charge in [-0.1, -0.05) is 140 Å². The van der Waals surface area contributed by atoms with Crippen LogP contribution in [0.3, 0.4) is 0 Å². The SMILES string of the molecule is c1ccc(-c2cc(-n3c4ccccc4c4cc5c(cc43)sc3ccccc35)c3oc4cccc(-c5nc(-c6ccccc6)nc(-c6ccccc6)n5)c4c3c2)cc1. The van der Waals surface area contributed by atoms with Crippen molar-refractivity contribution in [2.75, 3.05) is 0 Å². The number of nitrogens with zero attached hydrogens (tertiary/aromatic N) is 4. The van der Waals surface area contributed by atoms with E-state index in [4.69, 9.17) is 19.4 Å². The van der Waals surface area contributed by atoms with Crippen molar-refractivity contribution in [3.8, 4) is 51.0 Å². The number of fused-ring (bicyclic) bond motifs is 9.